The molecule has 0 spiro atoms. The first kappa shape index (κ1) is 20.8. The highest BCUT2D eigenvalue weighted by Gasteiger charge is 2.25. The van der Waals surface area contributed by atoms with Gasteiger partial charge in [0.25, 0.3) is 5.91 Å². The Morgan fingerprint density at radius 1 is 1.10 bits per heavy atom. The molecule has 6 nitrogen and oxygen atoms in total. The zero-order valence-electron chi connectivity index (χ0n) is 17.9. The van der Waals surface area contributed by atoms with Gasteiger partial charge in [-0.15, -0.1) is 0 Å². The van der Waals surface area contributed by atoms with E-state index in [4.69, 9.17) is 9.72 Å². The number of carbonyl (C=O) groups excluding carboxylic acids is 2. The SMILES string of the molecule is Cc1ccc(CNC(=O)C(C)OC(=O)c2cc3ccccc3nc2N2CCCC2)cc1. The number of benzene rings is 2. The highest BCUT2D eigenvalue weighted by atomic mass is 16.5. The molecule has 1 amide bonds. The minimum absolute atomic E-state index is 0.328. The van der Waals surface area contributed by atoms with Crippen molar-refractivity contribution < 1.29 is 14.3 Å². The fraction of sp³-hybridized carbons (Fsp3) is 0.320. The molecule has 0 aliphatic carbocycles. The second-order valence-corrected chi connectivity index (χ2v) is 8.00. The van der Waals surface area contributed by atoms with Crippen LogP contribution in [0.4, 0.5) is 5.82 Å². The lowest BCUT2D eigenvalue weighted by atomic mass is 10.1. The van der Waals surface area contributed by atoms with Crippen molar-refractivity contribution in [1.82, 2.24) is 10.3 Å². The average molecular weight is 418 g/mol. The molecular weight excluding hydrogens is 390 g/mol. The van der Waals surface area contributed by atoms with E-state index in [-0.39, 0.29) is 5.91 Å². The number of nitrogens with one attached hydrogen (secondary N) is 1. The van der Waals surface area contributed by atoms with E-state index in [2.05, 4.69) is 10.2 Å². The van der Waals surface area contributed by atoms with Gasteiger partial charge in [0, 0.05) is 25.0 Å². The number of anilines is 1. The molecule has 0 radical (unpaired) electrons. The van der Waals surface area contributed by atoms with Crippen LogP contribution in [-0.4, -0.2) is 36.1 Å². The third-order valence-corrected chi connectivity index (χ3v) is 5.57. The van der Waals surface area contributed by atoms with Gasteiger partial charge in [-0.3, -0.25) is 4.79 Å². The van der Waals surface area contributed by atoms with Gasteiger partial charge < -0.3 is 15.0 Å². The molecule has 6 heteroatoms. The van der Waals surface area contributed by atoms with Crippen LogP contribution in [-0.2, 0) is 16.1 Å². The molecule has 31 heavy (non-hydrogen) atoms. The summed E-state index contributed by atoms with van der Waals surface area (Å²) in [7, 11) is 0. The van der Waals surface area contributed by atoms with Gasteiger partial charge in [0.2, 0.25) is 0 Å². The molecule has 0 bridgehead atoms. The number of hydrogen-bond donors (Lipinski definition) is 1. The molecule has 1 saturated heterocycles. The van der Waals surface area contributed by atoms with E-state index in [1.807, 2.05) is 61.5 Å². The van der Waals surface area contributed by atoms with Crippen LogP contribution in [0.3, 0.4) is 0 Å². The Labute approximate surface area is 182 Å². The minimum Gasteiger partial charge on any atom is -0.449 e. The van der Waals surface area contributed by atoms with Crippen LogP contribution < -0.4 is 10.2 Å². The molecule has 160 valence electrons. The molecule has 1 fully saturated rings. The Morgan fingerprint density at radius 3 is 2.55 bits per heavy atom. The normalized spacial score (nSPS) is 14.5. The van der Waals surface area contributed by atoms with Crippen LogP contribution in [0, 0.1) is 6.92 Å². The number of ether oxygens (including phenoxy) is 1. The van der Waals surface area contributed by atoms with Crippen molar-refractivity contribution in [3.63, 3.8) is 0 Å². The molecule has 2 heterocycles. The van der Waals surface area contributed by atoms with E-state index < -0.39 is 12.1 Å². The summed E-state index contributed by atoms with van der Waals surface area (Å²) < 4.78 is 5.54. The van der Waals surface area contributed by atoms with Crippen LogP contribution in [0.1, 0.15) is 41.3 Å². The van der Waals surface area contributed by atoms with Crippen molar-refractivity contribution in [2.45, 2.75) is 39.3 Å². The van der Waals surface area contributed by atoms with E-state index in [0.717, 1.165) is 48.0 Å². The lowest BCUT2D eigenvalue weighted by molar-refractivity contribution is -0.129. The van der Waals surface area contributed by atoms with Gasteiger partial charge in [0.1, 0.15) is 11.4 Å². The van der Waals surface area contributed by atoms with Gasteiger partial charge in [-0.25, -0.2) is 9.78 Å². The highest BCUT2D eigenvalue weighted by Crippen LogP contribution is 2.27. The van der Waals surface area contributed by atoms with Crippen molar-refractivity contribution in [3.8, 4) is 0 Å². The Hall–Kier alpha value is -3.41. The molecule has 1 aliphatic heterocycles. The maximum atomic E-state index is 13.0. The van der Waals surface area contributed by atoms with E-state index in [0.29, 0.717) is 17.9 Å². The van der Waals surface area contributed by atoms with Crippen molar-refractivity contribution in [3.05, 3.63) is 71.3 Å². The number of carbonyl (C=O) groups is 2. The topological polar surface area (TPSA) is 71.5 Å². The predicted molar refractivity (Wildman–Crippen MR) is 121 cm³/mol. The van der Waals surface area contributed by atoms with Gasteiger partial charge in [0.05, 0.1) is 5.52 Å². The monoisotopic (exact) mass is 417 g/mol. The van der Waals surface area contributed by atoms with E-state index in [1.54, 1.807) is 6.92 Å². The van der Waals surface area contributed by atoms with Gasteiger partial charge >= 0.3 is 5.97 Å². The number of nitrogens with zero attached hydrogens (tertiary/aromatic N) is 2. The Bertz CT molecular complexity index is 1090. The third-order valence-electron chi connectivity index (χ3n) is 5.57. The third kappa shape index (κ3) is 4.85. The quantitative estimate of drug-likeness (QED) is 0.614. The maximum Gasteiger partial charge on any atom is 0.342 e. The summed E-state index contributed by atoms with van der Waals surface area (Å²) in [4.78, 5) is 32.4. The van der Waals surface area contributed by atoms with Crippen molar-refractivity contribution in [2.24, 2.45) is 0 Å². The molecule has 1 N–H and O–H groups in total. The molecule has 3 aromatic rings. The fourth-order valence-corrected chi connectivity index (χ4v) is 3.74. The number of hydrogen-bond acceptors (Lipinski definition) is 5. The molecule has 1 atom stereocenters. The summed E-state index contributed by atoms with van der Waals surface area (Å²) >= 11 is 0. The van der Waals surface area contributed by atoms with Crippen molar-refractivity contribution >= 4 is 28.6 Å². The highest BCUT2D eigenvalue weighted by molar-refractivity contribution is 6.00. The average Bonchev–Trinajstić information content (AvgIpc) is 3.32. The fourth-order valence-electron chi connectivity index (χ4n) is 3.74. The molecule has 1 aliphatic rings. The number of aryl methyl sites for hydroxylation is 1. The summed E-state index contributed by atoms with van der Waals surface area (Å²) in [5.74, 6) is -0.225. The summed E-state index contributed by atoms with van der Waals surface area (Å²) in [5.41, 5.74) is 3.39. The van der Waals surface area contributed by atoms with Gasteiger partial charge in [0.15, 0.2) is 6.10 Å². The standard InChI is InChI=1S/C25H27N3O3/c1-17-9-11-19(12-10-17)16-26-24(29)18(2)31-25(30)21-15-20-7-3-4-8-22(20)27-23(21)28-13-5-6-14-28/h3-4,7-12,15,18H,5-6,13-14,16H2,1-2H3,(H,26,29). The van der Waals surface area contributed by atoms with Gasteiger partial charge in [-0.1, -0.05) is 48.0 Å². The minimum atomic E-state index is -0.907. The Balaban J connectivity index is 1.48. The largest absolute Gasteiger partial charge is 0.449 e. The van der Waals surface area contributed by atoms with Gasteiger partial charge in [-0.05, 0) is 44.4 Å². The van der Waals surface area contributed by atoms with Crippen LogP contribution in [0.5, 0.6) is 0 Å². The number of aromatic nitrogens is 1. The zero-order chi connectivity index (χ0) is 21.8. The summed E-state index contributed by atoms with van der Waals surface area (Å²) in [6.07, 6.45) is 1.23. The number of fused-ring (bicyclic) bond motifs is 1. The van der Waals surface area contributed by atoms with Crippen LogP contribution >= 0.6 is 0 Å². The lowest BCUT2D eigenvalue weighted by Gasteiger charge is -2.21. The molecule has 2 aromatic carbocycles. The maximum absolute atomic E-state index is 13.0. The van der Waals surface area contributed by atoms with E-state index in [1.165, 1.54) is 0 Å². The van der Waals surface area contributed by atoms with Crippen LogP contribution in [0.25, 0.3) is 10.9 Å². The smallest absolute Gasteiger partial charge is 0.342 e. The second-order valence-electron chi connectivity index (χ2n) is 8.00. The lowest BCUT2D eigenvalue weighted by Crippen LogP contribution is -2.35. The Kier molecular flexibility index (Phi) is 6.16. The summed E-state index contributed by atoms with van der Waals surface area (Å²) in [6, 6.07) is 17.4. The molecule has 4 rings (SSSR count). The predicted octanol–water partition coefficient (Wildman–Crippen LogP) is 4.01. The first-order valence-corrected chi connectivity index (χ1v) is 10.7. The van der Waals surface area contributed by atoms with E-state index in [9.17, 15) is 9.59 Å². The van der Waals surface area contributed by atoms with E-state index >= 15 is 0 Å². The summed E-state index contributed by atoms with van der Waals surface area (Å²) in [5, 5.41) is 3.70. The van der Waals surface area contributed by atoms with Crippen molar-refractivity contribution in [1.29, 1.82) is 0 Å². The number of amides is 1. The Morgan fingerprint density at radius 2 is 1.81 bits per heavy atom. The van der Waals surface area contributed by atoms with Crippen LogP contribution in [0.2, 0.25) is 0 Å². The van der Waals surface area contributed by atoms with Crippen LogP contribution in [0.15, 0.2) is 54.6 Å². The van der Waals surface area contributed by atoms with Crippen molar-refractivity contribution in [2.75, 3.05) is 18.0 Å². The number of rotatable bonds is 6. The zero-order valence-corrected chi connectivity index (χ0v) is 17.9. The second kappa shape index (κ2) is 9.16. The number of pyridine rings is 1. The first-order valence-electron chi connectivity index (χ1n) is 10.7. The molecule has 1 unspecified atom stereocenters. The summed E-state index contributed by atoms with van der Waals surface area (Å²) in [6.45, 7) is 5.71. The molecule has 1 aromatic heterocycles. The first-order chi connectivity index (χ1) is 15.0. The number of esters is 1. The van der Waals surface area contributed by atoms with Gasteiger partial charge in [-0.2, -0.15) is 0 Å². The number of para-hydroxylation sites is 1. The molecular formula is C25H27N3O3. The molecule has 0 saturated carbocycles.